The molecule has 2 nitrogen and oxygen atoms in total. The predicted octanol–water partition coefficient (Wildman–Crippen LogP) is 2.00. The normalized spacial score (nSPS) is 8.83. The number of aromatic carboxylic acids is 1. The maximum Gasteiger partial charge on any atom is 0.336 e. The molecule has 0 saturated carbocycles. The van der Waals surface area contributed by atoms with Crippen LogP contribution < -0.4 is 0 Å². The van der Waals surface area contributed by atoms with E-state index in [1.54, 1.807) is 26.0 Å². The molecule has 0 aliphatic heterocycles. The van der Waals surface area contributed by atoms with E-state index >= 15 is 0 Å². The molecule has 0 heterocycles. The van der Waals surface area contributed by atoms with Crippen molar-refractivity contribution < 1.29 is 42.6 Å². The van der Waals surface area contributed by atoms with Gasteiger partial charge in [0.25, 0.3) is 0 Å². The van der Waals surface area contributed by atoms with Crippen molar-refractivity contribution in [2.75, 3.05) is 0 Å². The standard InChI is InChI=1S/C9H10O2.Y/c1-6-4-3-5-7(2)8(6)9(10)11;/h3-5H,1-2H3,(H,10,11);. The summed E-state index contributed by atoms with van der Waals surface area (Å²) >= 11 is 0. The van der Waals surface area contributed by atoms with Crippen molar-refractivity contribution in [2.45, 2.75) is 13.8 Å². The molecule has 0 amide bonds. The molecule has 0 bridgehead atoms. The first kappa shape index (κ1) is 11.8. The number of hydrogen-bond donors (Lipinski definition) is 1. The van der Waals surface area contributed by atoms with Gasteiger partial charge in [-0.1, -0.05) is 18.2 Å². The third-order valence-corrected chi connectivity index (χ3v) is 1.69. The predicted molar refractivity (Wildman–Crippen MR) is 42.9 cm³/mol. The summed E-state index contributed by atoms with van der Waals surface area (Å²) in [5.74, 6) is -0.847. The number of benzene rings is 1. The Hall–Kier alpha value is -0.206. The second kappa shape index (κ2) is 4.73. The molecule has 0 saturated heterocycles. The first-order chi connectivity index (χ1) is 5.13. The molecule has 12 heavy (non-hydrogen) atoms. The van der Waals surface area contributed by atoms with E-state index in [0.29, 0.717) is 5.56 Å². The van der Waals surface area contributed by atoms with Gasteiger partial charge in [0.2, 0.25) is 0 Å². The van der Waals surface area contributed by atoms with Crippen molar-refractivity contribution in [3.8, 4) is 0 Å². The second-order valence-electron chi connectivity index (χ2n) is 2.57. The van der Waals surface area contributed by atoms with Gasteiger partial charge in [0.1, 0.15) is 0 Å². The van der Waals surface area contributed by atoms with Crippen LogP contribution in [0.2, 0.25) is 0 Å². The van der Waals surface area contributed by atoms with Crippen LogP contribution >= 0.6 is 0 Å². The number of carboxylic acid groups (broad SMARTS) is 1. The van der Waals surface area contributed by atoms with E-state index in [1.165, 1.54) is 0 Å². The molecule has 0 aromatic heterocycles. The smallest absolute Gasteiger partial charge is 0.336 e. The molecule has 0 spiro atoms. The molecule has 1 aromatic carbocycles. The van der Waals surface area contributed by atoms with Crippen molar-refractivity contribution >= 4 is 5.97 Å². The number of rotatable bonds is 1. The fraction of sp³-hybridized carbons (Fsp3) is 0.222. The summed E-state index contributed by atoms with van der Waals surface area (Å²) in [6.45, 7) is 3.60. The van der Waals surface area contributed by atoms with Gasteiger partial charge in [0.15, 0.2) is 0 Å². The van der Waals surface area contributed by atoms with Crippen molar-refractivity contribution in [1.82, 2.24) is 0 Å². The number of carboxylic acids is 1. The Morgan fingerprint density at radius 2 is 1.67 bits per heavy atom. The molecule has 0 aliphatic carbocycles. The van der Waals surface area contributed by atoms with E-state index < -0.39 is 5.97 Å². The quantitative estimate of drug-likeness (QED) is 0.813. The van der Waals surface area contributed by atoms with Crippen LogP contribution in [0, 0.1) is 13.8 Å². The van der Waals surface area contributed by atoms with Crippen LogP contribution in [-0.2, 0) is 32.7 Å². The van der Waals surface area contributed by atoms with Gasteiger partial charge in [-0.2, -0.15) is 0 Å². The first-order valence-electron chi connectivity index (χ1n) is 3.42. The van der Waals surface area contributed by atoms with Gasteiger partial charge in [-0.05, 0) is 25.0 Å². The fourth-order valence-electron chi connectivity index (χ4n) is 1.15. The average Bonchev–Trinajstić information content (AvgIpc) is 1.85. The summed E-state index contributed by atoms with van der Waals surface area (Å²) in [5, 5.41) is 8.75. The summed E-state index contributed by atoms with van der Waals surface area (Å²) in [6.07, 6.45) is 0. The molecule has 1 N–H and O–H groups in total. The van der Waals surface area contributed by atoms with E-state index in [2.05, 4.69) is 0 Å². The molecule has 1 rings (SSSR count). The molecule has 0 aliphatic rings. The SMILES string of the molecule is Cc1cccc(C)c1C(=O)O.[Y]. The number of aryl methyl sites for hydroxylation is 2. The van der Waals surface area contributed by atoms with Crippen molar-refractivity contribution in [1.29, 1.82) is 0 Å². The summed E-state index contributed by atoms with van der Waals surface area (Å²) in [6, 6.07) is 5.46. The van der Waals surface area contributed by atoms with Crippen LogP contribution in [0.5, 0.6) is 0 Å². The third-order valence-electron chi connectivity index (χ3n) is 1.69. The van der Waals surface area contributed by atoms with E-state index in [0.717, 1.165) is 11.1 Å². The molecule has 1 radical (unpaired) electrons. The van der Waals surface area contributed by atoms with Gasteiger partial charge in [-0.25, -0.2) is 4.79 Å². The average molecular weight is 239 g/mol. The zero-order valence-electron chi connectivity index (χ0n) is 7.16. The Bertz CT molecular complexity index is 274. The Morgan fingerprint density at radius 1 is 1.25 bits per heavy atom. The zero-order chi connectivity index (χ0) is 8.43. The Kier molecular flexibility index (Phi) is 4.65. The second-order valence-corrected chi connectivity index (χ2v) is 2.57. The van der Waals surface area contributed by atoms with Crippen LogP contribution in [0.3, 0.4) is 0 Å². The van der Waals surface area contributed by atoms with Crippen LogP contribution in [0.4, 0.5) is 0 Å². The maximum absolute atomic E-state index is 10.6. The van der Waals surface area contributed by atoms with E-state index in [1.807, 2.05) is 6.07 Å². The molecule has 3 heteroatoms. The third kappa shape index (κ3) is 2.39. The molecule has 0 unspecified atom stereocenters. The van der Waals surface area contributed by atoms with Crippen molar-refractivity contribution in [3.63, 3.8) is 0 Å². The topological polar surface area (TPSA) is 37.3 Å². The van der Waals surface area contributed by atoms with Crippen LogP contribution in [0.15, 0.2) is 18.2 Å². The van der Waals surface area contributed by atoms with E-state index in [4.69, 9.17) is 5.11 Å². The van der Waals surface area contributed by atoms with Gasteiger partial charge in [-0.3, -0.25) is 0 Å². The summed E-state index contributed by atoms with van der Waals surface area (Å²) < 4.78 is 0. The van der Waals surface area contributed by atoms with Gasteiger partial charge in [-0.15, -0.1) is 0 Å². The van der Waals surface area contributed by atoms with Crippen LogP contribution in [0.1, 0.15) is 21.5 Å². The van der Waals surface area contributed by atoms with Crippen molar-refractivity contribution in [3.05, 3.63) is 34.9 Å². The summed E-state index contributed by atoms with van der Waals surface area (Å²) in [7, 11) is 0. The minimum absolute atomic E-state index is 0. The zero-order valence-corrected chi connectivity index (χ0v) is 10.0. The van der Waals surface area contributed by atoms with Gasteiger partial charge in [0, 0.05) is 32.7 Å². The van der Waals surface area contributed by atoms with Gasteiger partial charge in [0.05, 0.1) is 5.56 Å². The van der Waals surface area contributed by atoms with E-state index in [9.17, 15) is 4.79 Å². The monoisotopic (exact) mass is 239 g/mol. The van der Waals surface area contributed by atoms with Gasteiger partial charge < -0.3 is 5.11 Å². The Morgan fingerprint density at radius 3 is 1.92 bits per heavy atom. The fourth-order valence-corrected chi connectivity index (χ4v) is 1.15. The molecule has 0 fully saturated rings. The van der Waals surface area contributed by atoms with Gasteiger partial charge >= 0.3 is 5.97 Å². The molecular weight excluding hydrogens is 229 g/mol. The molecule has 1 aromatic rings. The number of hydrogen-bond acceptors (Lipinski definition) is 1. The number of carbonyl (C=O) groups is 1. The summed E-state index contributed by atoms with van der Waals surface area (Å²) in [4.78, 5) is 10.6. The molecular formula is C9H10O2Y. The van der Waals surface area contributed by atoms with Crippen LogP contribution in [0.25, 0.3) is 0 Å². The molecule has 0 atom stereocenters. The van der Waals surface area contributed by atoms with Crippen molar-refractivity contribution in [2.24, 2.45) is 0 Å². The first-order valence-corrected chi connectivity index (χ1v) is 3.42. The largest absolute Gasteiger partial charge is 0.478 e. The minimum Gasteiger partial charge on any atom is -0.478 e. The minimum atomic E-state index is -0.847. The maximum atomic E-state index is 10.6. The van der Waals surface area contributed by atoms with E-state index in [-0.39, 0.29) is 32.7 Å². The Balaban J connectivity index is 0.00000121. The van der Waals surface area contributed by atoms with Crippen LogP contribution in [-0.4, -0.2) is 11.1 Å². The Labute approximate surface area is 96.9 Å². The summed E-state index contributed by atoms with van der Waals surface area (Å²) in [5.41, 5.74) is 2.06. The molecule has 61 valence electrons.